The Bertz CT molecular complexity index is 691. The summed E-state index contributed by atoms with van der Waals surface area (Å²) in [5.74, 6) is -1.12. The zero-order chi connectivity index (χ0) is 18.7. The highest BCUT2D eigenvalue weighted by Crippen LogP contribution is 2.29. The number of aryl methyl sites for hydroxylation is 1. The number of fused-ring (bicyclic) bond motifs is 1. The summed E-state index contributed by atoms with van der Waals surface area (Å²) in [6.45, 7) is 4.68. The molecular formula is C20H26N2O4. The molecule has 140 valence electrons. The molecule has 26 heavy (non-hydrogen) atoms. The molecule has 2 aliphatic heterocycles. The number of nitrogens with one attached hydrogen (secondary N) is 1. The number of para-hydroxylation sites is 1. The van der Waals surface area contributed by atoms with Crippen LogP contribution in [0.2, 0.25) is 0 Å². The van der Waals surface area contributed by atoms with E-state index in [0.29, 0.717) is 19.4 Å². The molecular weight excluding hydrogens is 332 g/mol. The molecule has 2 atom stereocenters. The van der Waals surface area contributed by atoms with Crippen molar-refractivity contribution in [3.63, 3.8) is 0 Å². The van der Waals surface area contributed by atoms with Crippen molar-refractivity contribution in [3.05, 3.63) is 29.8 Å². The van der Waals surface area contributed by atoms with Crippen LogP contribution < -0.4 is 10.2 Å². The number of carbonyl (C=O) groups is 3. The Morgan fingerprint density at radius 2 is 2.00 bits per heavy atom. The molecule has 1 aromatic rings. The van der Waals surface area contributed by atoms with Crippen LogP contribution in [0.5, 0.6) is 0 Å². The molecule has 0 aromatic heterocycles. The molecule has 1 saturated heterocycles. The Morgan fingerprint density at radius 1 is 1.23 bits per heavy atom. The van der Waals surface area contributed by atoms with Crippen LogP contribution in [-0.2, 0) is 25.5 Å². The van der Waals surface area contributed by atoms with E-state index in [-0.39, 0.29) is 30.2 Å². The lowest BCUT2D eigenvalue weighted by Crippen LogP contribution is -2.48. The first-order valence-corrected chi connectivity index (χ1v) is 9.34. The molecule has 0 bridgehead atoms. The van der Waals surface area contributed by atoms with Crippen LogP contribution in [0, 0.1) is 11.8 Å². The van der Waals surface area contributed by atoms with E-state index in [9.17, 15) is 14.4 Å². The summed E-state index contributed by atoms with van der Waals surface area (Å²) in [5, 5.41) is 2.69. The number of carbonyl (C=O) groups excluding carboxylic acids is 3. The number of benzene rings is 1. The van der Waals surface area contributed by atoms with Gasteiger partial charge in [-0.2, -0.15) is 0 Å². The second kappa shape index (κ2) is 7.89. The summed E-state index contributed by atoms with van der Waals surface area (Å²) in [4.78, 5) is 38.7. The smallest absolute Gasteiger partial charge is 0.311 e. The second-order valence-corrected chi connectivity index (χ2v) is 7.36. The Kier molecular flexibility index (Phi) is 5.59. The van der Waals surface area contributed by atoms with Crippen molar-refractivity contribution in [2.75, 3.05) is 18.0 Å². The average Bonchev–Trinajstić information content (AvgIpc) is 2.65. The molecule has 1 aromatic carbocycles. The van der Waals surface area contributed by atoms with Crippen LogP contribution in [0.1, 0.15) is 38.7 Å². The van der Waals surface area contributed by atoms with Gasteiger partial charge in [-0.25, -0.2) is 0 Å². The number of rotatable bonds is 4. The molecule has 0 radical (unpaired) electrons. The number of hydrogen-bond acceptors (Lipinski definition) is 4. The zero-order valence-electron chi connectivity index (χ0n) is 15.4. The number of ether oxygens (including phenoxy) is 1. The predicted octanol–water partition coefficient (Wildman–Crippen LogP) is 2.06. The van der Waals surface area contributed by atoms with E-state index >= 15 is 0 Å². The van der Waals surface area contributed by atoms with Gasteiger partial charge in [0.1, 0.15) is 0 Å². The fourth-order valence-electron chi connectivity index (χ4n) is 3.54. The van der Waals surface area contributed by atoms with Gasteiger partial charge in [0.15, 0.2) is 6.10 Å². The first kappa shape index (κ1) is 18.4. The van der Waals surface area contributed by atoms with E-state index in [0.717, 1.165) is 24.1 Å². The van der Waals surface area contributed by atoms with Crippen LogP contribution in [0.4, 0.5) is 5.69 Å². The van der Waals surface area contributed by atoms with E-state index in [1.54, 1.807) is 4.90 Å². The van der Waals surface area contributed by atoms with Crippen molar-refractivity contribution in [1.29, 1.82) is 0 Å². The topological polar surface area (TPSA) is 75.7 Å². The van der Waals surface area contributed by atoms with Crippen LogP contribution in [0.15, 0.2) is 24.3 Å². The largest absolute Gasteiger partial charge is 0.452 e. The fraction of sp³-hybridized carbons (Fsp3) is 0.550. The minimum Gasteiger partial charge on any atom is -0.452 e. The molecule has 1 N–H and O–H groups in total. The monoisotopic (exact) mass is 358 g/mol. The number of anilines is 1. The maximum absolute atomic E-state index is 13.2. The molecule has 0 aliphatic carbocycles. The van der Waals surface area contributed by atoms with Crippen molar-refractivity contribution in [2.24, 2.45) is 11.8 Å². The van der Waals surface area contributed by atoms with Crippen LogP contribution in [-0.4, -0.2) is 37.0 Å². The molecule has 0 spiro atoms. The predicted molar refractivity (Wildman–Crippen MR) is 97.6 cm³/mol. The van der Waals surface area contributed by atoms with Gasteiger partial charge in [0, 0.05) is 25.2 Å². The van der Waals surface area contributed by atoms with Crippen LogP contribution >= 0.6 is 0 Å². The fourth-order valence-corrected chi connectivity index (χ4v) is 3.54. The third-order valence-electron chi connectivity index (χ3n) is 5.07. The number of amides is 2. The summed E-state index contributed by atoms with van der Waals surface area (Å²) in [5.41, 5.74) is 2.06. The number of hydrogen-bond donors (Lipinski definition) is 1. The molecule has 0 saturated carbocycles. The Hall–Kier alpha value is -2.37. The van der Waals surface area contributed by atoms with Crippen molar-refractivity contribution >= 4 is 23.5 Å². The second-order valence-electron chi connectivity index (χ2n) is 7.36. The van der Waals surface area contributed by atoms with Crippen molar-refractivity contribution in [3.8, 4) is 0 Å². The van der Waals surface area contributed by atoms with E-state index in [4.69, 9.17) is 4.74 Å². The molecule has 3 rings (SSSR count). The molecule has 1 fully saturated rings. The number of piperidine rings is 1. The third-order valence-corrected chi connectivity index (χ3v) is 5.07. The van der Waals surface area contributed by atoms with Gasteiger partial charge in [-0.05, 0) is 36.8 Å². The van der Waals surface area contributed by atoms with Crippen molar-refractivity contribution < 1.29 is 19.1 Å². The lowest BCUT2D eigenvalue weighted by molar-refractivity contribution is -0.162. The standard InChI is InChI=1S/C20H26N2O4/c1-13(2)18(26-20(25)15-9-10-17(23)21-12-15)19(24)22-11-5-7-14-6-3-4-8-16(14)22/h3-4,6,8,13,15,18H,5,7,9-12H2,1-2H3,(H,21,23)/t15-,18-/m1/s1. The maximum Gasteiger partial charge on any atom is 0.311 e. The highest BCUT2D eigenvalue weighted by Gasteiger charge is 2.35. The Labute approximate surface area is 153 Å². The summed E-state index contributed by atoms with van der Waals surface area (Å²) in [6, 6.07) is 7.88. The summed E-state index contributed by atoms with van der Waals surface area (Å²) in [6.07, 6.45) is 1.83. The highest BCUT2D eigenvalue weighted by atomic mass is 16.5. The summed E-state index contributed by atoms with van der Waals surface area (Å²) in [7, 11) is 0. The van der Waals surface area contributed by atoms with E-state index in [2.05, 4.69) is 5.32 Å². The minimum absolute atomic E-state index is 0.0459. The van der Waals surface area contributed by atoms with E-state index in [1.807, 2.05) is 38.1 Å². The van der Waals surface area contributed by atoms with Gasteiger partial charge in [0.25, 0.3) is 5.91 Å². The lowest BCUT2D eigenvalue weighted by atomic mass is 9.97. The minimum atomic E-state index is -0.814. The van der Waals surface area contributed by atoms with Crippen LogP contribution in [0.3, 0.4) is 0 Å². The summed E-state index contributed by atoms with van der Waals surface area (Å²) < 4.78 is 5.64. The number of nitrogens with zero attached hydrogens (tertiary/aromatic N) is 1. The quantitative estimate of drug-likeness (QED) is 0.836. The Balaban J connectivity index is 1.73. The molecule has 6 heteroatoms. The first-order valence-electron chi connectivity index (χ1n) is 9.34. The van der Waals surface area contributed by atoms with Crippen LogP contribution in [0.25, 0.3) is 0 Å². The van der Waals surface area contributed by atoms with Gasteiger partial charge < -0.3 is 15.0 Å². The molecule has 2 amide bonds. The molecule has 6 nitrogen and oxygen atoms in total. The lowest BCUT2D eigenvalue weighted by Gasteiger charge is -2.34. The van der Waals surface area contributed by atoms with Gasteiger partial charge in [0.05, 0.1) is 5.92 Å². The molecule has 2 aliphatic rings. The molecule has 0 unspecified atom stereocenters. The SMILES string of the molecule is CC(C)[C@@H](OC(=O)[C@@H]1CCC(=O)NC1)C(=O)N1CCCc2ccccc21. The first-order chi connectivity index (χ1) is 12.5. The maximum atomic E-state index is 13.2. The van der Waals surface area contributed by atoms with Gasteiger partial charge in [0.2, 0.25) is 5.91 Å². The number of esters is 1. The van der Waals surface area contributed by atoms with Gasteiger partial charge in [-0.1, -0.05) is 32.0 Å². The summed E-state index contributed by atoms with van der Waals surface area (Å²) >= 11 is 0. The molecule has 2 heterocycles. The van der Waals surface area contributed by atoms with Crippen molar-refractivity contribution in [1.82, 2.24) is 5.32 Å². The van der Waals surface area contributed by atoms with Gasteiger partial charge in [-0.15, -0.1) is 0 Å². The van der Waals surface area contributed by atoms with Gasteiger partial charge >= 0.3 is 5.97 Å². The Morgan fingerprint density at radius 3 is 2.69 bits per heavy atom. The van der Waals surface area contributed by atoms with E-state index < -0.39 is 12.1 Å². The van der Waals surface area contributed by atoms with E-state index in [1.165, 1.54) is 0 Å². The highest BCUT2D eigenvalue weighted by molar-refractivity contribution is 5.99. The third kappa shape index (κ3) is 3.89. The zero-order valence-corrected chi connectivity index (χ0v) is 15.4. The van der Waals surface area contributed by atoms with Crippen molar-refractivity contribution in [2.45, 2.75) is 45.6 Å². The average molecular weight is 358 g/mol. The normalized spacial score (nSPS) is 21.0. The van der Waals surface area contributed by atoms with Gasteiger partial charge in [-0.3, -0.25) is 14.4 Å².